The maximum absolute atomic E-state index is 4.53. The highest BCUT2D eigenvalue weighted by Crippen LogP contribution is 2.34. The van der Waals surface area contributed by atoms with Gasteiger partial charge in [0.2, 0.25) is 0 Å². The highest BCUT2D eigenvalue weighted by Gasteiger charge is 2.26. The standard InChI is InChI=1S/C14H18N4S/c1-2-12-11(5-9-19-12)14-17-16-13(18(14)8-1)10-3-6-15-7-4-10/h5,9-10,15H,1-4,6-8H2. The van der Waals surface area contributed by atoms with E-state index < -0.39 is 0 Å². The van der Waals surface area contributed by atoms with Crippen molar-refractivity contribution < 1.29 is 0 Å². The average molecular weight is 274 g/mol. The van der Waals surface area contributed by atoms with E-state index in [-0.39, 0.29) is 0 Å². The van der Waals surface area contributed by atoms with E-state index in [1.807, 2.05) is 11.3 Å². The number of nitrogens with one attached hydrogen (secondary N) is 1. The van der Waals surface area contributed by atoms with Crippen LogP contribution >= 0.6 is 11.3 Å². The Bertz CT molecular complexity index is 580. The largest absolute Gasteiger partial charge is 0.317 e. The third-order valence-electron chi connectivity index (χ3n) is 4.26. The topological polar surface area (TPSA) is 42.7 Å². The van der Waals surface area contributed by atoms with Gasteiger partial charge in [0.1, 0.15) is 5.82 Å². The summed E-state index contributed by atoms with van der Waals surface area (Å²) in [4.78, 5) is 1.48. The fourth-order valence-corrected chi connectivity index (χ4v) is 4.16. The molecule has 1 N–H and O–H groups in total. The van der Waals surface area contributed by atoms with Gasteiger partial charge in [-0.15, -0.1) is 21.5 Å². The maximum Gasteiger partial charge on any atom is 0.165 e. The normalized spacial score (nSPS) is 19.8. The Morgan fingerprint density at radius 2 is 2.16 bits per heavy atom. The fourth-order valence-electron chi connectivity index (χ4n) is 3.25. The molecule has 4 nitrogen and oxygen atoms in total. The van der Waals surface area contributed by atoms with Crippen LogP contribution in [-0.4, -0.2) is 27.9 Å². The van der Waals surface area contributed by atoms with E-state index in [9.17, 15) is 0 Å². The van der Waals surface area contributed by atoms with Crippen LogP contribution in [0, 0.1) is 0 Å². The maximum atomic E-state index is 4.53. The number of nitrogens with zero attached hydrogens (tertiary/aromatic N) is 3. The number of rotatable bonds is 1. The van der Waals surface area contributed by atoms with Crippen molar-refractivity contribution >= 4 is 11.3 Å². The highest BCUT2D eigenvalue weighted by molar-refractivity contribution is 7.10. The van der Waals surface area contributed by atoms with Gasteiger partial charge < -0.3 is 9.88 Å². The quantitative estimate of drug-likeness (QED) is 0.868. The van der Waals surface area contributed by atoms with Crippen LogP contribution in [-0.2, 0) is 13.0 Å². The third kappa shape index (κ3) is 1.92. The van der Waals surface area contributed by atoms with Gasteiger partial charge in [0.15, 0.2) is 5.82 Å². The average Bonchev–Trinajstić information content (AvgIpc) is 3.04. The van der Waals surface area contributed by atoms with Crippen molar-refractivity contribution in [3.63, 3.8) is 0 Å². The molecule has 0 aromatic carbocycles. The smallest absolute Gasteiger partial charge is 0.165 e. The molecule has 2 aliphatic heterocycles. The minimum atomic E-state index is 0.586. The van der Waals surface area contributed by atoms with Crippen molar-refractivity contribution in [2.45, 2.75) is 38.1 Å². The Morgan fingerprint density at radius 1 is 1.26 bits per heavy atom. The summed E-state index contributed by atoms with van der Waals surface area (Å²) in [5, 5.41) is 14.6. The van der Waals surface area contributed by atoms with Crippen molar-refractivity contribution in [3.8, 4) is 11.4 Å². The Kier molecular flexibility index (Phi) is 2.89. The molecule has 2 aromatic rings. The van der Waals surface area contributed by atoms with Gasteiger partial charge in [0.25, 0.3) is 0 Å². The first-order chi connectivity index (χ1) is 9.43. The van der Waals surface area contributed by atoms with Crippen molar-refractivity contribution in [3.05, 3.63) is 22.1 Å². The zero-order chi connectivity index (χ0) is 12.7. The van der Waals surface area contributed by atoms with Crippen molar-refractivity contribution in [1.82, 2.24) is 20.1 Å². The molecule has 1 fully saturated rings. The second-order valence-corrected chi connectivity index (χ2v) is 6.42. The minimum Gasteiger partial charge on any atom is -0.317 e. The van der Waals surface area contributed by atoms with E-state index in [0.717, 1.165) is 25.5 Å². The van der Waals surface area contributed by atoms with Crippen molar-refractivity contribution in [1.29, 1.82) is 0 Å². The van der Waals surface area contributed by atoms with E-state index in [4.69, 9.17) is 0 Å². The summed E-state index contributed by atoms with van der Waals surface area (Å²) in [6.45, 7) is 3.29. The Labute approximate surface area is 116 Å². The molecule has 1 saturated heterocycles. The summed E-state index contributed by atoms with van der Waals surface area (Å²) >= 11 is 1.86. The van der Waals surface area contributed by atoms with Crippen LogP contribution in [0.2, 0.25) is 0 Å². The van der Waals surface area contributed by atoms with Crippen LogP contribution in [0.4, 0.5) is 0 Å². The second kappa shape index (κ2) is 4.72. The number of thiophene rings is 1. The van der Waals surface area contributed by atoms with E-state index in [0.29, 0.717) is 5.92 Å². The summed E-state index contributed by atoms with van der Waals surface area (Å²) in [6.07, 6.45) is 4.77. The number of fused-ring (bicyclic) bond motifs is 3. The van der Waals surface area contributed by atoms with Gasteiger partial charge in [-0.1, -0.05) is 0 Å². The Balaban J connectivity index is 1.77. The predicted octanol–water partition coefficient (Wildman–Crippen LogP) is 2.42. The summed E-state index contributed by atoms with van der Waals surface area (Å²) in [5.41, 5.74) is 1.31. The number of hydrogen-bond donors (Lipinski definition) is 1. The van der Waals surface area contributed by atoms with Gasteiger partial charge in [-0.2, -0.15) is 0 Å². The van der Waals surface area contributed by atoms with E-state index in [1.54, 1.807) is 0 Å². The summed E-state index contributed by atoms with van der Waals surface area (Å²) in [6, 6.07) is 2.21. The molecule has 19 heavy (non-hydrogen) atoms. The second-order valence-electron chi connectivity index (χ2n) is 5.42. The summed E-state index contributed by atoms with van der Waals surface area (Å²) < 4.78 is 2.38. The summed E-state index contributed by atoms with van der Waals surface area (Å²) in [7, 11) is 0. The van der Waals surface area contributed by atoms with E-state index >= 15 is 0 Å². The zero-order valence-corrected chi connectivity index (χ0v) is 11.7. The van der Waals surface area contributed by atoms with Crippen LogP contribution in [0.1, 0.15) is 35.9 Å². The van der Waals surface area contributed by atoms with Crippen LogP contribution in [0.25, 0.3) is 11.4 Å². The molecule has 4 rings (SSSR count). The lowest BCUT2D eigenvalue weighted by Crippen LogP contribution is -2.28. The van der Waals surface area contributed by atoms with Crippen molar-refractivity contribution in [2.75, 3.05) is 13.1 Å². The number of aryl methyl sites for hydroxylation is 1. The lowest BCUT2D eigenvalue weighted by Gasteiger charge is -2.22. The van der Waals surface area contributed by atoms with Crippen LogP contribution in [0.5, 0.6) is 0 Å². The van der Waals surface area contributed by atoms with Gasteiger partial charge in [0.05, 0.1) is 0 Å². The summed E-state index contributed by atoms with van der Waals surface area (Å²) in [5.74, 6) is 2.90. The minimum absolute atomic E-state index is 0.586. The molecule has 0 bridgehead atoms. The van der Waals surface area contributed by atoms with Crippen LogP contribution in [0.15, 0.2) is 11.4 Å². The zero-order valence-electron chi connectivity index (χ0n) is 10.9. The molecule has 0 aliphatic carbocycles. The molecule has 5 heteroatoms. The number of aromatic nitrogens is 3. The van der Waals surface area contributed by atoms with Crippen molar-refractivity contribution in [2.24, 2.45) is 0 Å². The molecular formula is C14H18N4S. The van der Waals surface area contributed by atoms with Gasteiger partial charge in [-0.3, -0.25) is 0 Å². The molecule has 0 atom stereocenters. The van der Waals surface area contributed by atoms with Gasteiger partial charge >= 0.3 is 0 Å². The van der Waals surface area contributed by atoms with Crippen LogP contribution in [0.3, 0.4) is 0 Å². The molecule has 2 aliphatic rings. The fraction of sp³-hybridized carbons (Fsp3) is 0.571. The van der Waals surface area contributed by atoms with E-state index in [2.05, 4.69) is 31.5 Å². The first kappa shape index (κ1) is 11.6. The van der Waals surface area contributed by atoms with E-state index in [1.165, 1.54) is 41.9 Å². The molecule has 0 amide bonds. The molecule has 4 heterocycles. The first-order valence-electron chi connectivity index (χ1n) is 7.14. The van der Waals surface area contributed by atoms with Gasteiger partial charge in [-0.05, 0) is 50.2 Å². The van der Waals surface area contributed by atoms with Gasteiger partial charge in [0, 0.05) is 22.9 Å². The third-order valence-corrected chi connectivity index (χ3v) is 5.24. The Morgan fingerprint density at radius 3 is 3.05 bits per heavy atom. The highest BCUT2D eigenvalue weighted by atomic mass is 32.1. The first-order valence-corrected chi connectivity index (χ1v) is 8.02. The molecule has 100 valence electrons. The lowest BCUT2D eigenvalue weighted by molar-refractivity contribution is 0.428. The molecule has 0 radical (unpaired) electrons. The monoisotopic (exact) mass is 274 g/mol. The molecule has 0 saturated carbocycles. The molecule has 0 spiro atoms. The molecule has 2 aromatic heterocycles. The lowest BCUT2D eigenvalue weighted by atomic mass is 9.97. The van der Waals surface area contributed by atoms with Gasteiger partial charge in [-0.25, -0.2) is 0 Å². The molecular weight excluding hydrogens is 256 g/mol. The Hall–Kier alpha value is -1.20. The number of piperidine rings is 1. The predicted molar refractivity (Wildman–Crippen MR) is 76.5 cm³/mol. The SMILES string of the molecule is c1cc2c(s1)CCCn1c-2nnc1C1CCNCC1. The molecule has 0 unspecified atom stereocenters. The number of hydrogen-bond acceptors (Lipinski definition) is 4. The van der Waals surface area contributed by atoms with Crippen LogP contribution < -0.4 is 5.32 Å².